The van der Waals surface area contributed by atoms with Crippen LogP contribution in [0.5, 0.6) is 0 Å². The molecule has 5 unspecified atom stereocenters. The van der Waals surface area contributed by atoms with Crippen LogP contribution in [-0.4, -0.2) is 38.5 Å². The normalized spacial score (nSPS) is 42.6. The molecule has 1 saturated carbocycles. The van der Waals surface area contributed by atoms with Crippen molar-refractivity contribution in [3.05, 3.63) is 0 Å². The van der Waals surface area contributed by atoms with Crippen molar-refractivity contribution in [2.24, 2.45) is 11.8 Å². The Kier molecular flexibility index (Phi) is 6.67. The molecule has 2 aliphatic rings. The standard InChI is InChI=1S/C14H27FN2.CH3F/c1-4-10-13(16-3)9-17-12-8-6-5-7-11(12)14(10,2)15;1-2/h10-13,16-17H,4-9H2,1-3H3;1H3. The van der Waals surface area contributed by atoms with E-state index in [1.165, 1.54) is 12.8 Å². The van der Waals surface area contributed by atoms with Crippen molar-refractivity contribution in [3.63, 3.8) is 0 Å². The number of halogens is 2. The minimum atomic E-state index is -1.03. The lowest BCUT2D eigenvalue weighted by Gasteiger charge is -2.42. The molecule has 114 valence electrons. The van der Waals surface area contributed by atoms with Crippen LogP contribution in [0.1, 0.15) is 46.0 Å². The maximum absolute atomic E-state index is 15.3. The number of hydrogen-bond acceptors (Lipinski definition) is 2. The van der Waals surface area contributed by atoms with E-state index in [1.807, 2.05) is 14.0 Å². The summed E-state index contributed by atoms with van der Waals surface area (Å²) in [5, 5.41) is 6.91. The number of rotatable bonds is 2. The zero-order valence-electron chi connectivity index (χ0n) is 12.8. The highest BCUT2D eigenvalue weighted by Gasteiger charge is 2.49. The molecule has 2 N–H and O–H groups in total. The molecule has 19 heavy (non-hydrogen) atoms. The first-order valence-electron chi connectivity index (χ1n) is 7.58. The largest absolute Gasteiger partial charge is 0.315 e. The van der Waals surface area contributed by atoms with E-state index in [0.29, 0.717) is 13.2 Å². The van der Waals surface area contributed by atoms with Crippen LogP contribution in [0.2, 0.25) is 0 Å². The Morgan fingerprint density at radius 1 is 1.26 bits per heavy atom. The Labute approximate surface area is 116 Å². The van der Waals surface area contributed by atoms with E-state index in [4.69, 9.17) is 0 Å². The van der Waals surface area contributed by atoms with E-state index < -0.39 is 5.67 Å². The molecule has 1 heterocycles. The summed E-state index contributed by atoms with van der Waals surface area (Å²) in [4.78, 5) is 0. The molecule has 1 aliphatic carbocycles. The van der Waals surface area contributed by atoms with Gasteiger partial charge in [-0.1, -0.05) is 19.8 Å². The topological polar surface area (TPSA) is 24.1 Å². The molecule has 1 aliphatic heterocycles. The van der Waals surface area contributed by atoms with E-state index in [2.05, 4.69) is 17.6 Å². The summed E-state index contributed by atoms with van der Waals surface area (Å²) in [7, 11) is 2.46. The van der Waals surface area contributed by atoms with E-state index in [-0.39, 0.29) is 17.9 Å². The molecule has 0 aromatic rings. The lowest BCUT2D eigenvalue weighted by Crippen LogP contribution is -2.49. The third-order valence-electron chi connectivity index (χ3n) is 5.11. The maximum atomic E-state index is 15.3. The van der Waals surface area contributed by atoms with Gasteiger partial charge in [0.25, 0.3) is 0 Å². The van der Waals surface area contributed by atoms with Crippen LogP contribution in [0.3, 0.4) is 0 Å². The van der Waals surface area contributed by atoms with Gasteiger partial charge in [-0.15, -0.1) is 0 Å². The fourth-order valence-electron chi connectivity index (χ4n) is 4.13. The zero-order chi connectivity index (χ0) is 14.5. The number of likely N-dealkylation sites (N-methyl/N-ethyl adjacent to an activating group) is 1. The second-order valence-corrected chi connectivity index (χ2v) is 5.97. The van der Waals surface area contributed by atoms with Gasteiger partial charge in [0.1, 0.15) is 5.67 Å². The average molecular weight is 276 g/mol. The molecule has 2 rings (SSSR count). The number of hydrogen-bond donors (Lipinski definition) is 2. The minimum Gasteiger partial charge on any atom is -0.315 e. The monoisotopic (exact) mass is 276 g/mol. The first-order chi connectivity index (χ1) is 9.11. The number of nitrogens with one attached hydrogen (secondary N) is 2. The zero-order valence-corrected chi connectivity index (χ0v) is 12.8. The molecule has 4 heteroatoms. The Hall–Kier alpha value is -0.220. The number of alkyl halides is 2. The summed E-state index contributed by atoms with van der Waals surface area (Å²) in [5.74, 6) is 0.340. The molecule has 2 nitrogen and oxygen atoms in total. The van der Waals surface area contributed by atoms with Crippen LogP contribution in [0.25, 0.3) is 0 Å². The fourth-order valence-corrected chi connectivity index (χ4v) is 4.13. The lowest BCUT2D eigenvalue weighted by atomic mass is 9.69. The van der Waals surface area contributed by atoms with E-state index in [0.717, 1.165) is 25.8 Å². The molecule has 0 spiro atoms. The molecule has 0 radical (unpaired) electrons. The van der Waals surface area contributed by atoms with Gasteiger partial charge in [0, 0.05) is 30.5 Å². The highest BCUT2D eigenvalue weighted by molar-refractivity contribution is 5.03. The molecule has 0 aromatic carbocycles. The van der Waals surface area contributed by atoms with Gasteiger partial charge in [0.05, 0.1) is 7.18 Å². The van der Waals surface area contributed by atoms with Gasteiger partial charge in [-0.05, 0) is 33.2 Å². The van der Waals surface area contributed by atoms with Gasteiger partial charge >= 0.3 is 0 Å². The predicted molar refractivity (Wildman–Crippen MR) is 76.9 cm³/mol. The van der Waals surface area contributed by atoms with Crippen LogP contribution in [0.15, 0.2) is 0 Å². The third kappa shape index (κ3) is 3.46. The molecule has 5 atom stereocenters. The molecule has 0 amide bonds. The van der Waals surface area contributed by atoms with Crippen molar-refractivity contribution in [1.82, 2.24) is 10.6 Å². The lowest BCUT2D eigenvalue weighted by molar-refractivity contribution is 0.000512. The summed E-state index contributed by atoms with van der Waals surface area (Å²) >= 11 is 0. The summed E-state index contributed by atoms with van der Waals surface area (Å²) in [6.07, 6.45) is 5.58. The van der Waals surface area contributed by atoms with Crippen molar-refractivity contribution in [3.8, 4) is 0 Å². The highest BCUT2D eigenvalue weighted by atomic mass is 19.1. The van der Waals surface area contributed by atoms with E-state index in [1.54, 1.807) is 0 Å². The van der Waals surface area contributed by atoms with Gasteiger partial charge in [-0.3, -0.25) is 4.39 Å². The van der Waals surface area contributed by atoms with Crippen molar-refractivity contribution in [2.45, 2.75) is 63.7 Å². The summed E-state index contributed by atoms with van der Waals surface area (Å²) in [6, 6.07) is 0.659. The van der Waals surface area contributed by atoms with Gasteiger partial charge < -0.3 is 10.6 Å². The van der Waals surface area contributed by atoms with Gasteiger partial charge in [-0.2, -0.15) is 0 Å². The van der Waals surface area contributed by atoms with Gasteiger partial charge in [0.15, 0.2) is 0 Å². The Morgan fingerprint density at radius 3 is 2.47 bits per heavy atom. The van der Waals surface area contributed by atoms with Crippen LogP contribution >= 0.6 is 0 Å². The molecular formula is C15H30F2N2. The third-order valence-corrected chi connectivity index (χ3v) is 5.11. The average Bonchev–Trinajstić information content (AvgIpc) is 2.55. The quantitative estimate of drug-likeness (QED) is 0.810. The summed E-state index contributed by atoms with van der Waals surface area (Å²) in [6.45, 7) is 4.88. The van der Waals surface area contributed by atoms with Crippen molar-refractivity contribution in [2.75, 3.05) is 20.8 Å². The SMILES string of the molecule is CCC1C(NC)CNC2CCCCC2C1(C)F.CF. The maximum Gasteiger partial charge on any atom is 0.116 e. The second-order valence-electron chi connectivity index (χ2n) is 5.97. The van der Waals surface area contributed by atoms with Gasteiger partial charge in [-0.25, -0.2) is 4.39 Å². The Bertz CT molecular complexity index is 249. The molecule has 0 aromatic heterocycles. The first kappa shape index (κ1) is 16.8. The smallest absolute Gasteiger partial charge is 0.116 e. The van der Waals surface area contributed by atoms with Crippen molar-refractivity contribution in [1.29, 1.82) is 0 Å². The molecule has 2 fully saturated rings. The summed E-state index contributed by atoms with van der Waals surface area (Å²) < 4.78 is 24.8. The predicted octanol–water partition coefficient (Wildman–Crippen LogP) is 3.08. The molecule has 1 saturated heterocycles. The molecular weight excluding hydrogens is 246 g/mol. The minimum absolute atomic E-state index is 0.132. The van der Waals surface area contributed by atoms with Crippen LogP contribution in [-0.2, 0) is 0 Å². The Morgan fingerprint density at radius 2 is 1.89 bits per heavy atom. The van der Waals surface area contributed by atoms with E-state index >= 15 is 4.39 Å². The van der Waals surface area contributed by atoms with Crippen molar-refractivity contribution < 1.29 is 8.78 Å². The summed E-state index contributed by atoms with van der Waals surface area (Å²) in [5.41, 5.74) is -1.03. The Balaban J connectivity index is 0.000000861. The van der Waals surface area contributed by atoms with Crippen LogP contribution in [0, 0.1) is 11.8 Å². The molecule has 0 bridgehead atoms. The van der Waals surface area contributed by atoms with E-state index in [9.17, 15) is 4.39 Å². The van der Waals surface area contributed by atoms with Crippen LogP contribution < -0.4 is 10.6 Å². The highest BCUT2D eigenvalue weighted by Crippen LogP contribution is 2.44. The fraction of sp³-hybridized carbons (Fsp3) is 1.00. The van der Waals surface area contributed by atoms with Crippen molar-refractivity contribution >= 4 is 0 Å². The first-order valence-corrected chi connectivity index (χ1v) is 7.58. The second kappa shape index (κ2) is 7.53. The number of fused-ring (bicyclic) bond motifs is 1. The van der Waals surface area contributed by atoms with Crippen LogP contribution in [0.4, 0.5) is 8.78 Å². The van der Waals surface area contributed by atoms with Gasteiger partial charge in [0.2, 0.25) is 0 Å².